The Morgan fingerprint density at radius 1 is 0.925 bits per heavy atom. The molecule has 1 fully saturated rings. The van der Waals surface area contributed by atoms with Crippen LogP contribution < -0.4 is 4.90 Å². The number of amides is 1. The average Bonchev–Trinajstić information content (AvgIpc) is 2.98. The van der Waals surface area contributed by atoms with Crippen molar-refractivity contribution in [3.05, 3.63) is 89.4 Å². The number of anilines is 1. The summed E-state index contributed by atoms with van der Waals surface area (Å²) in [6.45, 7) is 2.31. The topological polar surface area (TPSA) is 110 Å². The number of hydrogen-bond donors (Lipinski definition) is 1. The number of carbonyl (C=O) groups is 2. The molecule has 2 heterocycles. The Labute approximate surface area is 231 Å². The number of fused-ring (bicyclic) bond motifs is 1. The summed E-state index contributed by atoms with van der Waals surface area (Å²) in [7, 11) is 0. The van der Waals surface area contributed by atoms with Crippen molar-refractivity contribution in [2.45, 2.75) is 25.7 Å². The summed E-state index contributed by atoms with van der Waals surface area (Å²) in [4.78, 5) is 37.9. The molecule has 40 heavy (non-hydrogen) atoms. The fraction of sp³-hybridized carbons (Fsp3) is 0.258. The number of para-hydroxylation sites is 1. The lowest BCUT2D eigenvalue weighted by molar-refractivity contribution is -0.137. The van der Waals surface area contributed by atoms with Gasteiger partial charge in [0.2, 0.25) is 0 Å². The van der Waals surface area contributed by atoms with Crippen molar-refractivity contribution in [2.75, 3.05) is 31.1 Å². The summed E-state index contributed by atoms with van der Waals surface area (Å²) < 4.78 is 13.6. The monoisotopic (exact) mass is 537 g/mol. The van der Waals surface area contributed by atoms with E-state index in [1.165, 1.54) is 12.1 Å². The number of carboxylic acid groups (broad SMARTS) is 1. The molecule has 1 aliphatic rings. The van der Waals surface area contributed by atoms with Crippen molar-refractivity contribution in [3.8, 4) is 17.3 Å². The molecule has 4 aromatic rings. The third kappa shape index (κ3) is 5.91. The van der Waals surface area contributed by atoms with E-state index in [1.807, 2.05) is 18.2 Å². The molecule has 0 atom stereocenters. The number of benzene rings is 3. The Kier molecular flexibility index (Phi) is 7.97. The van der Waals surface area contributed by atoms with Gasteiger partial charge in [0.15, 0.2) is 0 Å². The maximum absolute atomic E-state index is 13.6. The second kappa shape index (κ2) is 11.9. The van der Waals surface area contributed by atoms with E-state index in [1.54, 1.807) is 41.3 Å². The van der Waals surface area contributed by atoms with E-state index in [9.17, 15) is 19.2 Å². The molecule has 0 radical (unpaired) electrons. The predicted octanol–water partition coefficient (Wildman–Crippen LogP) is 5.07. The number of aryl methyl sites for hydroxylation is 1. The van der Waals surface area contributed by atoms with Gasteiger partial charge >= 0.3 is 5.97 Å². The number of aliphatic carboxylic acids is 1. The highest BCUT2D eigenvalue weighted by Crippen LogP contribution is 2.27. The lowest BCUT2D eigenvalue weighted by Crippen LogP contribution is -2.49. The van der Waals surface area contributed by atoms with Gasteiger partial charge in [-0.15, -0.1) is 0 Å². The van der Waals surface area contributed by atoms with Crippen molar-refractivity contribution in [1.29, 1.82) is 5.26 Å². The maximum atomic E-state index is 13.6. The van der Waals surface area contributed by atoms with E-state index in [-0.39, 0.29) is 18.1 Å². The largest absolute Gasteiger partial charge is 0.481 e. The number of halogens is 1. The average molecular weight is 538 g/mol. The molecule has 1 saturated heterocycles. The highest BCUT2D eigenvalue weighted by atomic mass is 19.1. The van der Waals surface area contributed by atoms with E-state index >= 15 is 0 Å². The molecule has 3 aromatic carbocycles. The van der Waals surface area contributed by atoms with Gasteiger partial charge in [0.05, 0.1) is 33.7 Å². The van der Waals surface area contributed by atoms with Gasteiger partial charge in [-0.3, -0.25) is 9.59 Å². The summed E-state index contributed by atoms with van der Waals surface area (Å²) in [6.07, 6.45) is 1.69. The molecule has 1 aromatic heterocycles. The molecule has 202 valence electrons. The van der Waals surface area contributed by atoms with Crippen molar-refractivity contribution < 1.29 is 19.1 Å². The molecular formula is C31H28FN5O3. The first kappa shape index (κ1) is 26.8. The van der Waals surface area contributed by atoms with Crippen LogP contribution in [-0.4, -0.2) is 58.0 Å². The molecule has 0 bridgehead atoms. The summed E-state index contributed by atoms with van der Waals surface area (Å²) >= 11 is 0. The standard InChI is InChI=1S/C31H28FN5O3/c32-24-12-9-21(10-13-24)30-26(6-2-4-8-29(38)39)34-27-19-22(11-14-25(27)35-30)31(40)37-17-15-36(16-18-37)28-7-3-1-5-23(28)20-33/h1,3,5,7,9-14,19H,2,4,6,8,15-18H2,(H,38,39). The number of nitrogens with zero attached hydrogens (tertiary/aromatic N) is 5. The van der Waals surface area contributed by atoms with Crippen LogP contribution in [0, 0.1) is 17.1 Å². The highest BCUT2D eigenvalue weighted by molar-refractivity contribution is 5.97. The molecular weight excluding hydrogens is 509 g/mol. The Bertz CT molecular complexity index is 1590. The Balaban J connectivity index is 1.37. The van der Waals surface area contributed by atoms with Gasteiger partial charge in [-0.05, 0) is 73.9 Å². The van der Waals surface area contributed by atoms with E-state index in [0.29, 0.717) is 79.0 Å². The van der Waals surface area contributed by atoms with Crippen molar-refractivity contribution in [1.82, 2.24) is 14.9 Å². The van der Waals surface area contributed by atoms with Crippen molar-refractivity contribution in [3.63, 3.8) is 0 Å². The second-order valence-corrected chi connectivity index (χ2v) is 9.74. The van der Waals surface area contributed by atoms with Crippen LogP contribution in [0.4, 0.5) is 10.1 Å². The Morgan fingerprint density at radius 3 is 2.40 bits per heavy atom. The summed E-state index contributed by atoms with van der Waals surface area (Å²) in [6, 6.07) is 21.0. The van der Waals surface area contributed by atoms with Crippen LogP contribution in [0.3, 0.4) is 0 Å². The van der Waals surface area contributed by atoms with Crippen LogP contribution in [0.5, 0.6) is 0 Å². The van der Waals surface area contributed by atoms with Crippen LogP contribution in [0.15, 0.2) is 66.7 Å². The third-order valence-electron chi connectivity index (χ3n) is 7.09. The zero-order valence-electron chi connectivity index (χ0n) is 21.9. The van der Waals surface area contributed by atoms with Gasteiger partial charge in [-0.25, -0.2) is 14.4 Å². The summed E-state index contributed by atoms with van der Waals surface area (Å²) in [5, 5.41) is 18.4. The van der Waals surface area contributed by atoms with Crippen LogP contribution in [-0.2, 0) is 11.2 Å². The van der Waals surface area contributed by atoms with E-state index in [0.717, 1.165) is 11.3 Å². The molecule has 0 aliphatic carbocycles. The quantitative estimate of drug-likeness (QED) is 0.313. The van der Waals surface area contributed by atoms with Crippen molar-refractivity contribution >= 4 is 28.6 Å². The van der Waals surface area contributed by atoms with Crippen molar-refractivity contribution in [2.24, 2.45) is 0 Å². The number of rotatable bonds is 8. The number of nitriles is 1. The summed E-state index contributed by atoms with van der Waals surface area (Å²) in [5.41, 5.74) is 5.23. The lowest BCUT2D eigenvalue weighted by atomic mass is 10.0. The smallest absolute Gasteiger partial charge is 0.303 e. The fourth-order valence-electron chi connectivity index (χ4n) is 4.98. The highest BCUT2D eigenvalue weighted by Gasteiger charge is 2.24. The number of piperazine rings is 1. The third-order valence-corrected chi connectivity index (χ3v) is 7.09. The minimum atomic E-state index is -0.846. The zero-order chi connectivity index (χ0) is 28.1. The van der Waals surface area contributed by atoms with Gasteiger partial charge in [0.1, 0.15) is 11.9 Å². The number of hydrogen-bond acceptors (Lipinski definition) is 6. The minimum Gasteiger partial charge on any atom is -0.481 e. The van der Waals surface area contributed by atoms with E-state index < -0.39 is 5.97 Å². The first-order valence-electron chi connectivity index (χ1n) is 13.2. The number of carboxylic acids is 1. The van der Waals surface area contributed by atoms with Crippen LogP contribution >= 0.6 is 0 Å². The van der Waals surface area contributed by atoms with E-state index in [4.69, 9.17) is 15.1 Å². The fourth-order valence-corrected chi connectivity index (χ4v) is 4.98. The second-order valence-electron chi connectivity index (χ2n) is 9.74. The molecule has 0 spiro atoms. The van der Waals surface area contributed by atoms with Gasteiger partial charge < -0.3 is 14.9 Å². The lowest BCUT2D eigenvalue weighted by Gasteiger charge is -2.36. The van der Waals surface area contributed by atoms with Crippen LogP contribution in [0.25, 0.3) is 22.3 Å². The van der Waals surface area contributed by atoms with Gasteiger partial charge in [-0.2, -0.15) is 5.26 Å². The van der Waals surface area contributed by atoms with Gasteiger partial charge in [0.25, 0.3) is 5.91 Å². The Morgan fingerprint density at radius 2 is 1.68 bits per heavy atom. The normalized spacial score (nSPS) is 13.3. The first-order chi connectivity index (χ1) is 19.4. The molecule has 8 nitrogen and oxygen atoms in total. The number of aromatic nitrogens is 2. The maximum Gasteiger partial charge on any atom is 0.303 e. The molecule has 5 rings (SSSR count). The number of carbonyl (C=O) groups excluding carboxylic acids is 1. The predicted molar refractivity (Wildman–Crippen MR) is 149 cm³/mol. The zero-order valence-corrected chi connectivity index (χ0v) is 21.9. The SMILES string of the molecule is N#Cc1ccccc1N1CCN(C(=O)c2ccc3nc(-c4ccc(F)cc4)c(CCCCC(=O)O)nc3c2)CC1. The van der Waals surface area contributed by atoms with Gasteiger partial charge in [-0.1, -0.05) is 12.1 Å². The molecule has 1 amide bonds. The Hall–Kier alpha value is -4.84. The molecule has 0 saturated carbocycles. The molecule has 0 unspecified atom stereocenters. The minimum absolute atomic E-state index is 0.0703. The first-order valence-corrected chi connectivity index (χ1v) is 13.2. The number of unbranched alkanes of at least 4 members (excludes halogenated alkanes) is 1. The van der Waals surface area contributed by atoms with Crippen LogP contribution in [0.2, 0.25) is 0 Å². The molecule has 1 aliphatic heterocycles. The van der Waals surface area contributed by atoms with Gasteiger partial charge in [0, 0.05) is 43.7 Å². The van der Waals surface area contributed by atoms with E-state index in [2.05, 4.69) is 11.0 Å². The molecule has 1 N–H and O–H groups in total. The summed E-state index contributed by atoms with van der Waals surface area (Å²) in [5.74, 6) is -1.29. The van der Waals surface area contributed by atoms with Crippen LogP contribution in [0.1, 0.15) is 40.9 Å². The molecule has 9 heteroatoms.